The molecule has 0 radical (unpaired) electrons. The van der Waals surface area contributed by atoms with Gasteiger partial charge in [0, 0.05) is 22.7 Å². The number of aromatic nitrogens is 1. The first-order valence-electron chi connectivity index (χ1n) is 6.60. The van der Waals surface area contributed by atoms with Crippen molar-refractivity contribution in [1.82, 2.24) is 4.98 Å². The Morgan fingerprint density at radius 2 is 1.88 bits per heavy atom. The molecule has 0 atom stereocenters. The van der Waals surface area contributed by atoms with Crippen molar-refractivity contribution >= 4 is 11.8 Å². The van der Waals surface area contributed by atoms with Crippen molar-refractivity contribution < 1.29 is 31.1 Å². The number of halogens is 6. The largest absolute Gasteiger partial charge is 0.455 e. The van der Waals surface area contributed by atoms with E-state index in [9.17, 15) is 26.3 Å². The number of rotatable bonds is 3. The molecule has 1 aliphatic heterocycles. The quantitative estimate of drug-likeness (QED) is 0.666. The summed E-state index contributed by atoms with van der Waals surface area (Å²) in [7, 11) is 0. The molecular formula is C15H6F6N2OS. The van der Waals surface area contributed by atoms with Gasteiger partial charge in [0.1, 0.15) is 17.6 Å². The molecule has 3 nitrogen and oxygen atoms in total. The van der Waals surface area contributed by atoms with Crippen LogP contribution in [0.3, 0.4) is 0 Å². The minimum atomic E-state index is -4.57. The summed E-state index contributed by atoms with van der Waals surface area (Å²) in [5, 5.41) is 4.24. The van der Waals surface area contributed by atoms with Crippen LogP contribution in [0, 0.1) is 11.3 Å². The Kier molecular flexibility index (Phi) is 4.07. The van der Waals surface area contributed by atoms with Crippen LogP contribution >= 0.6 is 11.8 Å². The van der Waals surface area contributed by atoms with E-state index in [1.54, 1.807) is 6.07 Å². The molecule has 3 rings (SSSR count). The van der Waals surface area contributed by atoms with E-state index in [1.807, 2.05) is 0 Å². The van der Waals surface area contributed by atoms with Gasteiger partial charge in [0.25, 0.3) is 6.43 Å². The molecule has 130 valence electrons. The number of hydrogen-bond donors (Lipinski definition) is 0. The second-order valence-corrected chi connectivity index (χ2v) is 6.10. The van der Waals surface area contributed by atoms with Crippen molar-refractivity contribution in [2.24, 2.45) is 0 Å². The Morgan fingerprint density at radius 1 is 1.16 bits per heavy atom. The fourth-order valence-electron chi connectivity index (χ4n) is 2.25. The summed E-state index contributed by atoms with van der Waals surface area (Å²) < 4.78 is 86.4. The zero-order valence-electron chi connectivity index (χ0n) is 11.9. The standard InChI is InChI=1S/C15H6F6N2OS/c16-13(17)11-10(24-8-3-7(4-22)5-23-6-8)2-1-9-12(11)25-15(20,21)14(9,18)19/h1-3,5-6,13H. The fraction of sp³-hybridized carbons (Fsp3) is 0.200. The van der Waals surface area contributed by atoms with Gasteiger partial charge in [-0.05, 0) is 23.9 Å². The molecule has 2 heterocycles. The van der Waals surface area contributed by atoms with Crippen LogP contribution in [-0.4, -0.2) is 10.2 Å². The molecule has 2 aromatic rings. The van der Waals surface area contributed by atoms with Gasteiger partial charge < -0.3 is 4.74 Å². The van der Waals surface area contributed by atoms with Gasteiger partial charge in [0.2, 0.25) is 0 Å². The van der Waals surface area contributed by atoms with Gasteiger partial charge in [0.15, 0.2) is 0 Å². The number of hydrogen-bond acceptors (Lipinski definition) is 4. The first kappa shape index (κ1) is 17.4. The van der Waals surface area contributed by atoms with Crippen LogP contribution in [0.15, 0.2) is 35.5 Å². The predicted molar refractivity (Wildman–Crippen MR) is 75.1 cm³/mol. The first-order valence-corrected chi connectivity index (χ1v) is 7.42. The average Bonchev–Trinajstić information content (AvgIpc) is 2.72. The molecular weight excluding hydrogens is 370 g/mol. The molecule has 0 bridgehead atoms. The lowest BCUT2D eigenvalue weighted by atomic mass is 10.0. The highest BCUT2D eigenvalue weighted by Gasteiger charge is 2.65. The summed E-state index contributed by atoms with van der Waals surface area (Å²) in [4.78, 5) is 2.75. The van der Waals surface area contributed by atoms with Crippen molar-refractivity contribution in [3.05, 3.63) is 47.3 Å². The summed E-state index contributed by atoms with van der Waals surface area (Å²) in [6.45, 7) is 0. The highest BCUT2D eigenvalue weighted by Crippen LogP contribution is 2.63. The maximum Gasteiger partial charge on any atom is 0.364 e. The Morgan fingerprint density at radius 3 is 2.52 bits per heavy atom. The van der Waals surface area contributed by atoms with Gasteiger partial charge in [-0.1, -0.05) is 0 Å². The third kappa shape index (κ3) is 2.78. The Balaban J connectivity index is 2.10. The minimum absolute atomic E-state index is 0.0738. The van der Waals surface area contributed by atoms with Gasteiger partial charge in [-0.15, -0.1) is 0 Å². The van der Waals surface area contributed by atoms with Gasteiger partial charge >= 0.3 is 11.2 Å². The molecule has 1 aliphatic rings. The number of nitrogens with zero attached hydrogens (tertiary/aromatic N) is 2. The van der Waals surface area contributed by atoms with Crippen molar-refractivity contribution in [3.63, 3.8) is 0 Å². The highest BCUT2D eigenvalue weighted by molar-refractivity contribution is 8.00. The van der Waals surface area contributed by atoms with Gasteiger partial charge in [-0.2, -0.15) is 22.8 Å². The number of benzene rings is 1. The zero-order valence-corrected chi connectivity index (χ0v) is 12.8. The van der Waals surface area contributed by atoms with E-state index in [0.29, 0.717) is 6.07 Å². The van der Waals surface area contributed by atoms with E-state index in [1.165, 1.54) is 12.3 Å². The molecule has 1 aromatic heterocycles. The number of nitriles is 1. The maximum atomic E-state index is 13.7. The third-order valence-corrected chi connectivity index (χ3v) is 4.54. The number of thioether (sulfide) groups is 1. The van der Waals surface area contributed by atoms with E-state index in [4.69, 9.17) is 10.00 Å². The molecule has 1 aromatic carbocycles. The normalized spacial score (nSPS) is 17.2. The smallest absolute Gasteiger partial charge is 0.364 e. The van der Waals surface area contributed by atoms with Gasteiger partial charge in [-0.3, -0.25) is 4.98 Å². The van der Waals surface area contributed by atoms with Crippen LogP contribution in [0.25, 0.3) is 0 Å². The second-order valence-electron chi connectivity index (χ2n) is 4.97. The van der Waals surface area contributed by atoms with E-state index in [2.05, 4.69) is 4.98 Å². The van der Waals surface area contributed by atoms with Crippen LogP contribution in [0.5, 0.6) is 11.5 Å². The van der Waals surface area contributed by atoms with Crippen LogP contribution in [0.1, 0.15) is 23.1 Å². The Hall–Kier alpha value is -2.41. The van der Waals surface area contributed by atoms with E-state index in [0.717, 1.165) is 12.3 Å². The number of ether oxygens (including phenoxy) is 1. The number of alkyl halides is 6. The van der Waals surface area contributed by atoms with Crippen molar-refractivity contribution in [2.45, 2.75) is 22.5 Å². The number of fused-ring (bicyclic) bond motifs is 1. The summed E-state index contributed by atoms with van der Waals surface area (Å²) in [5.41, 5.74) is -2.15. The topological polar surface area (TPSA) is 45.9 Å². The average molecular weight is 376 g/mol. The maximum absolute atomic E-state index is 13.7. The molecule has 0 unspecified atom stereocenters. The van der Waals surface area contributed by atoms with E-state index < -0.39 is 51.1 Å². The van der Waals surface area contributed by atoms with Crippen LogP contribution in [0.4, 0.5) is 26.3 Å². The van der Waals surface area contributed by atoms with E-state index in [-0.39, 0.29) is 11.3 Å². The van der Waals surface area contributed by atoms with Gasteiger partial charge in [0.05, 0.1) is 17.3 Å². The summed E-state index contributed by atoms with van der Waals surface area (Å²) in [6.07, 6.45) is -1.02. The summed E-state index contributed by atoms with van der Waals surface area (Å²) in [5.74, 6) is -5.24. The van der Waals surface area contributed by atoms with Crippen molar-refractivity contribution in [2.75, 3.05) is 0 Å². The Labute approximate surface area is 141 Å². The molecule has 0 amide bonds. The SMILES string of the molecule is N#Cc1cncc(Oc2ccc3c(c2C(F)F)SC(F)(F)C3(F)F)c1. The second kappa shape index (κ2) is 5.84. The molecule has 0 saturated carbocycles. The summed E-state index contributed by atoms with van der Waals surface area (Å²) in [6, 6.07) is 4.35. The molecule has 0 fully saturated rings. The molecule has 25 heavy (non-hydrogen) atoms. The first-order chi connectivity index (χ1) is 11.7. The summed E-state index contributed by atoms with van der Waals surface area (Å²) >= 11 is -0.624. The van der Waals surface area contributed by atoms with Crippen LogP contribution < -0.4 is 4.74 Å². The minimum Gasteiger partial charge on any atom is -0.455 e. The molecule has 0 aliphatic carbocycles. The van der Waals surface area contributed by atoms with E-state index >= 15 is 0 Å². The molecule has 0 N–H and O–H groups in total. The van der Waals surface area contributed by atoms with Crippen molar-refractivity contribution in [1.29, 1.82) is 5.26 Å². The molecule has 0 saturated heterocycles. The monoisotopic (exact) mass is 376 g/mol. The lowest BCUT2D eigenvalue weighted by Gasteiger charge is -2.17. The zero-order chi connectivity index (χ0) is 18.4. The van der Waals surface area contributed by atoms with Crippen LogP contribution in [0.2, 0.25) is 0 Å². The number of pyridine rings is 1. The lowest BCUT2D eigenvalue weighted by Crippen LogP contribution is -2.29. The Bertz CT molecular complexity index is 881. The van der Waals surface area contributed by atoms with Crippen LogP contribution in [-0.2, 0) is 5.92 Å². The van der Waals surface area contributed by atoms with Crippen molar-refractivity contribution in [3.8, 4) is 17.6 Å². The third-order valence-electron chi connectivity index (χ3n) is 3.38. The molecule has 0 spiro atoms. The van der Waals surface area contributed by atoms with Gasteiger partial charge in [-0.25, -0.2) is 8.78 Å². The predicted octanol–water partition coefficient (Wildman–Crippen LogP) is 5.47. The molecule has 10 heteroatoms. The highest BCUT2D eigenvalue weighted by atomic mass is 32.2. The lowest BCUT2D eigenvalue weighted by molar-refractivity contribution is -0.154. The fourth-order valence-corrected chi connectivity index (χ4v) is 3.35.